The molecule has 0 radical (unpaired) electrons. The van der Waals surface area contributed by atoms with Crippen molar-refractivity contribution in [3.63, 3.8) is 0 Å². The number of nitrogens with zero attached hydrogens (tertiary/aromatic N) is 2. The van der Waals surface area contributed by atoms with Gasteiger partial charge in [-0.1, -0.05) is 35.9 Å². The molecule has 0 aliphatic heterocycles. The van der Waals surface area contributed by atoms with Crippen LogP contribution in [0, 0.1) is 18.6 Å². The molecule has 3 aromatic rings. The van der Waals surface area contributed by atoms with Crippen molar-refractivity contribution >= 4 is 29.0 Å². The Kier molecular flexibility index (Phi) is 5.61. The number of halogens is 3. The molecular weight excluding hydrogens is 374 g/mol. The van der Waals surface area contributed by atoms with E-state index in [4.69, 9.17) is 11.6 Å². The van der Waals surface area contributed by atoms with Gasteiger partial charge in [-0.05, 0) is 30.7 Å². The third-order valence-electron chi connectivity index (χ3n) is 3.68. The summed E-state index contributed by atoms with van der Waals surface area (Å²) in [5.74, 6) is -1.61. The number of carbonyl (C=O) groups excluding carboxylic acids is 1. The second kappa shape index (κ2) is 8.09. The van der Waals surface area contributed by atoms with E-state index in [2.05, 4.69) is 20.6 Å². The molecule has 5 nitrogen and oxygen atoms in total. The molecule has 2 N–H and O–H groups in total. The highest BCUT2D eigenvalue weighted by atomic mass is 35.5. The summed E-state index contributed by atoms with van der Waals surface area (Å²) in [4.78, 5) is 20.5. The number of para-hydroxylation sites is 1. The standard InChI is InChI=1S/C19H15ClF2N4O/c1-11-24-16(19(27)23-10-12-5-2-3-6-13(12)20)9-17(25-11)26-18-14(21)7-4-8-15(18)22/h2-9H,10H2,1H3,(H,23,27)(H,24,25,26). The van der Waals surface area contributed by atoms with E-state index in [0.29, 0.717) is 5.02 Å². The van der Waals surface area contributed by atoms with E-state index in [1.165, 1.54) is 12.1 Å². The van der Waals surface area contributed by atoms with Crippen LogP contribution in [0.2, 0.25) is 5.02 Å². The van der Waals surface area contributed by atoms with Gasteiger partial charge in [0.05, 0.1) is 0 Å². The van der Waals surface area contributed by atoms with Gasteiger partial charge in [-0.3, -0.25) is 4.79 Å². The Bertz CT molecular complexity index is 977. The Hall–Kier alpha value is -3.06. The van der Waals surface area contributed by atoms with Crippen LogP contribution in [-0.4, -0.2) is 15.9 Å². The van der Waals surface area contributed by atoms with Crippen LogP contribution in [0.1, 0.15) is 21.9 Å². The minimum absolute atomic E-state index is 0.0637. The maximum Gasteiger partial charge on any atom is 0.270 e. The quantitative estimate of drug-likeness (QED) is 0.680. The topological polar surface area (TPSA) is 66.9 Å². The number of anilines is 2. The van der Waals surface area contributed by atoms with Crippen LogP contribution in [0.3, 0.4) is 0 Å². The van der Waals surface area contributed by atoms with Crippen LogP contribution in [-0.2, 0) is 6.54 Å². The van der Waals surface area contributed by atoms with Crippen LogP contribution in [0.5, 0.6) is 0 Å². The van der Waals surface area contributed by atoms with Crippen LogP contribution in [0.25, 0.3) is 0 Å². The Balaban J connectivity index is 1.78. The van der Waals surface area contributed by atoms with Gasteiger partial charge in [0.15, 0.2) is 0 Å². The van der Waals surface area contributed by atoms with Gasteiger partial charge in [0.25, 0.3) is 5.91 Å². The second-order valence-corrected chi connectivity index (χ2v) is 6.09. The molecule has 0 saturated heterocycles. The zero-order valence-electron chi connectivity index (χ0n) is 14.3. The van der Waals surface area contributed by atoms with E-state index >= 15 is 0 Å². The summed E-state index contributed by atoms with van der Waals surface area (Å²) in [6, 6.07) is 11.9. The van der Waals surface area contributed by atoms with Gasteiger partial charge in [-0.15, -0.1) is 0 Å². The number of amides is 1. The molecule has 3 rings (SSSR count). The van der Waals surface area contributed by atoms with Crippen molar-refractivity contribution in [2.24, 2.45) is 0 Å². The zero-order chi connectivity index (χ0) is 19.4. The lowest BCUT2D eigenvalue weighted by atomic mass is 10.2. The summed E-state index contributed by atoms with van der Waals surface area (Å²) < 4.78 is 27.6. The van der Waals surface area contributed by atoms with Gasteiger partial charge in [0, 0.05) is 17.6 Å². The molecule has 1 aromatic heterocycles. The van der Waals surface area contributed by atoms with Crippen molar-refractivity contribution in [3.8, 4) is 0 Å². The highest BCUT2D eigenvalue weighted by Gasteiger charge is 2.14. The van der Waals surface area contributed by atoms with Crippen molar-refractivity contribution in [1.82, 2.24) is 15.3 Å². The van der Waals surface area contributed by atoms with Gasteiger partial charge < -0.3 is 10.6 Å². The highest BCUT2D eigenvalue weighted by molar-refractivity contribution is 6.31. The number of nitrogens with one attached hydrogen (secondary N) is 2. The Morgan fingerprint density at radius 1 is 1.07 bits per heavy atom. The lowest BCUT2D eigenvalue weighted by Gasteiger charge is -2.11. The number of hydrogen-bond acceptors (Lipinski definition) is 4. The van der Waals surface area contributed by atoms with Gasteiger partial charge in [-0.2, -0.15) is 0 Å². The summed E-state index contributed by atoms with van der Waals surface area (Å²) >= 11 is 6.07. The van der Waals surface area contributed by atoms with E-state index in [1.54, 1.807) is 25.1 Å². The first-order valence-corrected chi connectivity index (χ1v) is 8.40. The number of carbonyl (C=O) groups is 1. The number of hydrogen-bond donors (Lipinski definition) is 2. The molecule has 1 heterocycles. The molecule has 0 unspecified atom stereocenters. The fourth-order valence-corrected chi connectivity index (χ4v) is 2.60. The summed E-state index contributed by atoms with van der Waals surface area (Å²) in [6.07, 6.45) is 0. The molecular formula is C19H15ClF2N4O. The van der Waals surface area contributed by atoms with Crippen LogP contribution < -0.4 is 10.6 Å². The lowest BCUT2D eigenvalue weighted by molar-refractivity contribution is 0.0945. The average molecular weight is 389 g/mol. The fourth-order valence-electron chi connectivity index (χ4n) is 2.40. The summed E-state index contributed by atoms with van der Waals surface area (Å²) in [7, 11) is 0. The van der Waals surface area contributed by atoms with Crippen molar-refractivity contribution in [2.45, 2.75) is 13.5 Å². The maximum absolute atomic E-state index is 13.8. The average Bonchev–Trinajstić information content (AvgIpc) is 2.63. The molecule has 0 atom stereocenters. The minimum atomic E-state index is -0.768. The molecule has 0 aliphatic carbocycles. The minimum Gasteiger partial charge on any atom is -0.347 e. The molecule has 8 heteroatoms. The smallest absolute Gasteiger partial charge is 0.270 e. The van der Waals surface area contributed by atoms with Crippen LogP contribution >= 0.6 is 11.6 Å². The predicted octanol–water partition coefficient (Wildman–Crippen LogP) is 4.39. The Morgan fingerprint density at radius 2 is 1.78 bits per heavy atom. The number of rotatable bonds is 5. The third-order valence-corrected chi connectivity index (χ3v) is 4.05. The SMILES string of the molecule is Cc1nc(Nc2c(F)cccc2F)cc(C(=O)NCc2ccccc2Cl)n1. The highest BCUT2D eigenvalue weighted by Crippen LogP contribution is 2.22. The predicted molar refractivity (Wildman–Crippen MR) is 99.0 cm³/mol. The van der Waals surface area contributed by atoms with Crippen LogP contribution in [0.4, 0.5) is 20.3 Å². The Labute approximate surface area is 159 Å². The number of aryl methyl sites for hydroxylation is 1. The third kappa shape index (κ3) is 4.57. The lowest BCUT2D eigenvalue weighted by Crippen LogP contribution is -2.24. The first kappa shape index (κ1) is 18.7. The first-order valence-electron chi connectivity index (χ1n) is 8.02. The summed E-state index contributed by atoms with van der Waals surface area (Å²) in [5, 5.41) is 5.80. The van der Waals surface area contributed by atoms with Gasteiger partial charge >= 0.3 is 0 Å². The molecule has 1 amide bonds. The Morgan fingerprint density at radius 3 is 2.48 bits per heavy atom. The summed E-state index contributed by atoms with van der Waals surface area (Å²) in [5.41, 5.74) is 0.469. The largest absolute Gasteiger partial charge is 0.347 e. The summed E-state index contributed by atoms with van der Waals surface area (Å²) in [6.45, 7) is 1.79. The molecule has 138 valence electrons. The maximum atomic E-state index is 13.8. The van der Waals surface area contributed by atoms with Gasteiger partial charge in [0.2, 0.25) is 0 Å². The van der Waals surface area contributed by atoms with E-state index in [-0.39, 0.29) is 29.6 Å². The number of benzene rings is 2. The second-order valence-electron chi connectivity index (χ2n) is 5.68. The monoisotopic (exact) mass is 388 g/mol. The van der Waals surface area contributed by atoms with E-state index in [1.807, 2.05) is 6.07 Å². The molecule has 0 bridgehead atoms. The zero-order valence-corrected chi connectivity index (χ0v) is 15.0. The van der Waals surface area contributed by atoms with E-state index in [0.717, 1.165) is 17.7 Å². The first-order chi connectivity index (χ1) is 12.9. The molecule has 2 aromatic carbocycles. The molecule has 0 fully saturated rings. The molecule has 0 saturated carbocycles. The molecule has 0 spiro atoms. The van der Waals surface area contributed by atoms with Crippen LogP contribution in [0.15, 0.2) is 48.5 Å². The van der Waals surface area contributed by atoms with Gasteiger partial charge in [-0.25, -0.2) is 18.7 Å². The number of aromatic nitrogens is 2. The van der Waals surface area contributed by atoms with Crippen molar-refractivity contribution in [1.29, 1.82) is 0 Å². The van der Waals surface area contributed by atoms with Gasteiger partial charge in [0.1, 0.15) is 34.7 Å². The molecule has 0 aliphatic rings. The van der Waals surface area contributed by atoms with E-state index < -0.39 is 17.5 Å². The van der Waals surface area contributed by atoms with Crippen molar-refractivity contribution in [2.75, 3.05) is 5.32 Å². The van der Waals surface area contributed by atoms with Crippen molar-refractivity contribution in [3.05, 3.63) is 82.3 Å². The normalized spacial score (nSPS) is 10.5. The van der Waals surface area contributed by atoms with E-state index in [9.17, 15) is 13.6 Å². The molecule has 27 heavy (non-hydrogen) atoms. The van der Waals surface area contributed by atoms with Crippen molar-refractivity contribution < 1.29 is 13.6 Å². The fraction of sp³-hybridized carbons (Fsp3) is 0.105.